The van der Waals surface area contributed by atoms with Crippen molar-refractivity contribution in [3.05, 3.63) is 29.8 Å². The molecule has 2 N–H and O–H groups in total. The summed E-state index contributed by atoms with van der Waals surface area (Å²) in [5.41, 5.74) is 7.70. The van der Waals surface area contributed by atoms with Crippen LogP contribution in [-0.2, 0) is 4.74 Å². The van der Waals surface area contributed by atoms with Crippen molar-refractivity contribution in [3.8, 4) is 5.75 Å². The first kappa shape index (κ1) is 16.3. The molecule has 0 saturated carbocycles. The lowest BCUT2D eigenvalue weighted by Crippen LogP contribution is -2.53. The smallest absolute Gasteiger partial charge is 0.118 e. The van der Waals surface area contributed by atoms with Crippen LogP contribution in [0.15, 0.2) is 24.3 Å². The summed E-state index contributed by atoms with van der Waals surface area (Å²) in [7, 11) is 1.69. The maximum atomic E-state index is 6.44. The maximum absolute atomic E-state index is 6.44. The average Bonchev–Trinajstić information content (AvgIpc) is 2.51. The van der Waals surface area contributed by atoms with E-state index in [-0.39, 0.29) is 18.2 Å². The highest BCUT2D eigenvalue weighted by molar-refractivity contribution is 5.30. The number of morpholine rings is 1. The zero-order valence-corrected chi connectivity index (χ0v) is 13.6. The van der Waals surface area contributed by atoms with Crippen molar-refractivity contribution in [1.82, 2.24) is 4.90 Å². The molecule has 1 aliphatic rings. The Bertz CT molecular complexity index is 435. The highest BCUT2D eigenvalue weighted by Gasteiger charge is 2.33. The van der Waals surface area contributed by atoms with E-state index >= 15 is 0 Å². The van der Waals surface area contributed by atoms with Crippen LogP contribution in [0.3, 0.4) is 0 Å². The van der Waals surface area contributed by atoms with Crippen LogP contribution in [0.1, 0.15) is 38.8 Å². The summed E-state index contributed by atoms with van der Waals surface area (Å²) in [6.07, 6.45) is 1.21. The molecule has 1 aliphatic heterocycles. The molecule has 118 valence electrons. The molecule has 4 nitrogen and oxygen atoms in total. The predicted octanol–water partition coefficient (Wildman–Crippen LogP) is 2.58. The van der Waals surface area contributed by atoms with Gasteiger partial charge < -0.3 is 15.2 Å². The Morgan fingerprint density at radius 3 is 2.57 bits per heavy atom. The number of hydrogen-bond acceptors (Lipinski definition) is 4. The lowest BCUT2D eigenvalue weighted by molar-refractivity contribution is -0.0707. The standard InChI is InChI=1S/C17H28N2O2/c1-5-16(18)17(14-6-8-15(20-4)9-7-14)19-10-13(3)21-11-12(19)2/h6-9,12-13,16-17H,5,10-11,18H2,1-4H3. The zero-order chi connectivity index (χ0) is 15.4. The number of ether oxygens (including phenoxy) is 2. The van der Waals surface area contributed by atoms with Gasteiger partial charge in [0.25, 0.3) is 0 Å². The van der Waals surface area contributed by atoms with Crippen LogP contribution in [-0.4, -0.2) is 43.3 Å². The molecule has 4 unspecified atom stereocenters. The Morgan fingerprint density at radius 1 is 1.33 bits per heavy atom. The van der Waals surface area contributed by atoms with E-state index in [4.69, 9.17) is 15.2 Å². The molecule has 0 aliphatic carbocycles. The number of nitrogens with two attached hydrogens (primary N) is 1. The van der Waals surface area contributed by atoms with Gasteiger partial charge in [0.1, 0.15) is 5.75 Å². The molecule has 1 aromatic rings. The summed E-state index contributed by atoms with van der Waals surface area (Å²) in [6, 6.07) is 9.01. The molecule has 0 spiro atoms. The molecule has 4 atom stereocenters. The Kier molecular flexibility index (Phi) is 5.62. The van der Waals surface area contributed by atoms with Crippen molar-refractivity contribution < 1.29 is 9.47 Å². The largest absolute Gasteiger partial charge is 0.497 e. The van der Waals surface area contributed by atoms with Gasteiger partial charge in [-0.2, -0.15) is 0 Å². The number of hydrogen-bond donors (Lipinski definition) is 1. The summed E-state index contributed by atoms with van der Waals surface area (Å²) in [6.45, 7) is 8.18. The van der Waals surface area contributed by atoms with Crippen molar-refractivity contribution in [2.45, 2.75) is 51.4 Å². The van der Waals surface area contributed by atoms with E-state index in [1.807, 2.05) is 12.1 Å². The van der Waals surface area contributed by atoms with Gasteiger partial charge in [-0.05, 0) is 38.0 Å². The molecular formula is C17H28N2O2. The van der Waals surface area contributed by atoms with Crippen molar-refractivity contribution >= 4 is 0 Å². The van der Waals surface area contributed by atoms with Crippen LogP contribution in [0.2, 0.25) is 0 Å². The van der Waals surface area contributed by atoms with Crippen LogP contribution in [0.25, 0.3) is 0 Å². The maximum Gasteiger partial charge on any atom is 0.118 e. The fourth-order valence-electron chi connectivity index (χ4n) is 3.03. The molecule has 1 aromatic carbocycles. The summed E-state index contributed by atoms with van der Waals surface area (Å²) < 4.78 is 11.0. The number of methoxy groups -OCH3 is 1. The minimum Gasteiger partial charge on any atom is -0.497 e. The topological polar surface area (TPSA) is 47.7 Å². The van der Waals surface area contributed by atoms with E-state index in [1.54, 1.807) is 7.11 Å². The van der Waals surface area contributed by atoms with Crippen LogP contribution < -0.4 is 10.5 Å². The van der Waals surface area contributed by atoms with E-state index in [2.05, 4.69) is 37.8 Å². The molecule has 1 fully saturated rings. The molecule has 0 amide bonds. The average molecular weight is 292 g/mol. The number of rotatable bonds is 5. The van der Waals surface area contributed by atoms with E-state index < -0.39 is 0 Å². The van der Waals surface area contributed by atoms with E-state index in [1.165, 1.54) is 5.56 Å². The molecule has 1 saturated heterocycles. The number of benzene rings is 1. The van der Waals surface area contributed by atoms with Crippen LogP contribution >= 0.6 is 0 Å². The summed E-state index contributed by atoms with van der Waals surface area (Å²) in [4.78, 5) is 2.49. The molecule has 1 heterocycles. The summed E-state index contributed by atoms with van der Waals surface area (Å²) >= 11 is 0. The lowest BCUT2D eigenvalue weighted by atomic mass is 9.94. The minimum atomic E-state index is 0.117. The van der Waals surface area contributed by atoms with Crippen LogP contribution in [0, 0.1) is 0 Å². The van der Waals surface area contributed by atoms with E-state index in [9.17, 15) is 0 Å². The first-order valence-electron chi connectivity index (χ1n) is 7.83. The van der Waals surface area contributed by atoms with Gasteiger partial charge in [0.15, 0.2) is 0 Å². The van der Waals surface area contributed by atoms with E-state index in [0.717, 1.165) is 25.3 Å². The molecule has 0 radical (unpaired) electrons. The molecule has 0 aromatic heterocycles. The van der Waals surface area contributed by atoms with Crippen LogP contribution in [0.4, 0.5) is 0 Å². The Labute approximate surface area is 128 Å². The Morgan fingerprint density at radius 2 is 2.00 bits per heavy atom. The normalized spacial score (nSPS) is 26.3. The monoisotopic (exact) mass is 292 g/mol. The first-order valence-corrected chi connectivity index (χ1v) is 7.83. The van der Waals surface area contributed by atoms with Gasteiger partial charge in [-0.15, -0.1) is 0 Å². The minimum absolute atomic E-state index is 0.117. The SMILES string of the molecule is CCC(N)C(c1ccc(OC)cc1)N1CC(C)OCC1C. The van der Waals surface area contributed by atoms with Gasteiger partial charge in [0, 0.05) is 18.6 Å². The highest BCUT2D eigenvalue weighted by Crippen LogP contribution is 2.30. The van der Waals surface area contributed by atoms with Crippen molar-refractivity contribution in [1.29, 1.82) is 0 Å². The quantitative estimate of drug-likeness (QED) is 0.906. The third-order valence-electron chi connectivity index (χ3n) is 4.35. The Hall–Kier alpha value is -1.10. The number of nitrogens with zero attached hydrogens (tertiary/aromatic N) is 1. The van der Waals surface area contributed by atoms with Gasteiger partial charge in [-0.25, -0.2) is 0 Å². The summed E-state index contributed by atoms with van der Waals surface area (Å²) in [5, 5.41) is 0. The molecule has 0 bridgehead atoms. The predicted molar refractivity (Wildman–Crippen MR) is 85.6 cm³/mol. The fraction of sp³-hybridized carbons (Fsp3) is 0.647. The molecular weight excluding hydrogens is 264 g/mol. The second-order valence-electron chi connectivity index (χ2n) is 5.98. The third-order valence-corrected chi connectivity index (χ3v) is 4.35. The molecule has 21 heavy (non-hydrogen) atoms. The van der Waals surface area contributed by atoms with E-state index in [0.29, 0.717) is 6.04 Å². The van der Waals surface area contributed by atoms with Crippen molar-refractivity contribution in [2.24, 2.45) is 5.73 Å². The first-order chi connectivity index (χ1) is 10.1. The van der Waals surface area contributed by atoms with Crippen LogP contribution in [0.5, 0.6) is 5.75 Å². The summed E-state index contributed by atoms with van der Waals surface area (Å²) in [5.74, 6) is 0.881. The molecule has 2 rings (SSSR count). The lowest BCUT2D eigenvalue weighted by Gasteiger charge is -2.44. The van der Waals surface area contributed by atoms with Gasteiger partial charge in [-0.1, -0.05) is 19.1 Å². The second kappa shape index (κ2) is 7.25. The second-order valence-corrected chi connectivity index (χ2v) is 5.98. The van der Waals surface area contributed by atoms with Gasteiger partial charge in [0.2, 0.25) is 0 Å². The van der Waals surface area contributed by atoms with Crippen molar-refractivity contribution in [3.63, 3.8) is 0 Å². The fourth-order valence-corrected chi connectivity index (χ4v) is 3.03. The van der Waals surface area contributed by atoms with Gasteiger partial charge >= 0.3 is 0 Å². The third kappa shape index (κ3) is 3.76. The Balaban J connectivity index is 2.28. The zero-order valence-electron chi connectivity index (χ0n) is 13.6. The van der Waals surface area contributed by atoms with Crippen molar-refractivity contribution in [2.75, 3.05) is 20.3 Å². The van der Waals surface area contributed by atoms with Gasteiger partial charge in [-0.3, -0.25) is 4.90 Å². The van der Waals surface area contributed by atoms with Gasteiger partial charge in [0.05, 0.1) is 25.9 Å². The highest BCUT2D eigenvalue weighted by atomic mass is 16.5. The molecule has 4 heteroatoms.